The predicted molar refractivity (Wildman–Crippen MR) is 123 cm³/mol. The molecule has 0 radical (unpaired) electrons. The molecule has 184 valence electrons. The molecule has 0 bridgehead atoms. The molecule has 1 aromatic heterocycles. The third kappa shape index (κ3) is 6.02. The maximum Gasteiger partial charge on any atom is 0.399 e. The number of rotatable bonds is 7. The van der Waals surface area contributed by atoms with Gasteiger partial charge in [-0.2, -0.15) is 13.2 Å². The average Bonchev–Trinajstić information content (AvgIpc) is 3.53. The van der Waals surface area contributed by atoms with Gasteiger partial charge in [-0.1, -0.05) is 47.5 Å². The Hall–Kier alpha value is -2.91. The van der Waals surface area contributed by atoms with Crippen molar-refractivity contribution in [3.63, 3.8) is 0 Å². The van der Waals surface area contributed by atoms with Gasteiger partial charge >= 0.3 is 6.18 Å². The summed E-state index contributed by atoms with van der Waals surface area (Å²) in [6, 6.07) is 6.43. The summed E-state index contributed by atoms with van der Waals surface area (Å²) in [6.45, 7) is 1.74. The Labute approximate surface area is 208 Å². The number of aromatic nitrogens is 2. The summed E-state index contributed by atoms with van der Waals surface area (Å²) < 4.78 is 60.2. The first kappa shape index (κ1) is 25.2. The van der Waals surface area contributed by atoms with Gasteiger partial charge in [-0.05, 0) is 54.7 Å². The maximum absolute atomic E-state index is 13.7. The molecule has 35 heavy (non-hydrogen) atoms. The van der Waals surface area contributed by atoms with Crippen LogP contribution < -0.4 is 5.32 Å². The smallest absolute Gasteiger partial charge is 0.399 e. The minimum atomic E-state index is -4.66. The van der Waals surface area contributed by atoms with Gasteiger partial charge in [0.2, 0.25) is 11.8 Å². The van der Waals surface area contributed by atoms with E-state index in [1.54, 1.807) is 13.0 Å². The van der Waals surface area contributed by atoms with Crippen molar-refractivity contribution < 1.29 is 26.8 Å². The second kappa shape index (κ2) is 9.99. The third-order valence-corrected chi connectivity index (χ3v) is 6.05. The molecule has 1 unspecified atom stereocenters. The molecule has 0 spiro atoms. The highest BCUT2D eigenvalue weighted by molar-refractivity contribution is 6.35. The summed E-state index contributed by atoms with van der Waals surface area (Å²) in [7, 11) is 0. The van der Waals surface area contributed by atoms with Crippen LogP contribution in [-0.4, -0.2) is 22.3 Å². The van der Waals surface area contributed by atoms with Gasteiger partial charge in [0.25, 0.3) is 5.91 Å². The minimum absolute atomic E-state index is 0.0652. The lowest BCUT2D eigenvalue weighted by Gasteiger charge is -2.18. The number of carbonyl (C=O) groups is 1. The van der Waals surface area contributed by atoms with Crippen LogP contribution in [0.5, 0.6) is 0 Å². The molecule has 1 amide bonds. The van der Waals surface area contributed by atoms with Gasteiger partial charge in [0.05, 0.1) is 22.5 Å². The van der Waals surface area contributed by atoms with Gasteiger partial charge < -0.3 is 9.73 Å². The quantitative estimate of drug-likeness (QED) is 0.265. The number of nitrogens with one attached hydrogen (secondary N) is 1. The molecular weight excluding hydrogens is 509 g/mol. The van der Waals surface area contributed by atoms with Gasteiger partial charge in [-0.15, -0.1) is 10.2 Å². The van der Waals surface area contributed by atoms with Crippen LogP contribution in [0.3, 0.4) is 0 Å². The van der Waals surface area contributed by atoms with E-state index >= 15 is 0 Å². The van der Waals surface area contributed by atoms with Crippen LogP contribution in [0.25, 0.3) is 6.08 Å². The Kier molecular flexibility index (Phi) is 7.19. The fourth-order valence-electron chi connectivity index (χ4n) is 3.50. The largest absolute Gasteiger partial charge is 0.423 e. The van der Waals surface area contributed by atoms with E-state index in [0.717, 1.165) is 31.1 Å². The van der Waals surface area contributed by atoms with E-state index in [4.69, 9.17) is 27.6 Å². The standard InChI is InChI=1S/C24H19Cl2F4N3O2/c1-12-8-13(3-7-17(24(28,29)30)15-9-18(25)21(27)19(26)10-15)2-6-16(12)22(34)31-11-20-32-33-23(35-20)14-4-5-14/h2-3,6-10,14,17H,4-5,11H2,1H3,(H,31,34)/b7-3+. The van der Waals surface area contributed by atoms with Crippen LogP contribution in [0, 0.1) is 12.7 Å². The van der Waals surface area contributed by atoms with E-state index in [-0.39, 0.29) is 18.0 Å². The number of halogens is 6. The van der Waals surface area contributed by atoms with Crippen molar-refractivity contribution in [3.05, 3.63) is 86.3 Å². The van der Waals surface area contributed by atoms with E-state index in [1.807, 2.05) is 0 Å². The molecule has 2 aromatic carbocycles. The Bertz CT molecular complexity index is 1260. The zero-order valence-corrected chi connectivity index (χ0v) is 19.8. The van der Waals surface area contributed by atoms with Crippen molar-refractivity contribution >= 4 is 35.2 Å². The van der Waals surface area contributed by atoms with Gasteiger partial charge in [-0.25, -0.2) is 4.39 Å². The van der Waals surface area contributed by atoms with Crippen molar-refractivity contribution in [1.29, 1.82) is 0 Å². The van der Waals surface area contributed by atoms with Crippen LogP contribution >= 0.6 is 23.2 Å². The van der Waals surface area contributed by atoms with Crippen molar-refractivity contribution in [3.8, 4) is 0 Å². The second-order valence-corrected chi connectivity index (χ2v) is 9.06. The van der Waals surface area contributed by atoms with E-state index < -0.39 is 28.0 Å². The van der Waals surface area contributed by atoms with Gasteiger partial charge in [0, 0.05) is 11.5 Å². The molecule has 1 saturated carbocycles. The number of carbonyl (C=O) groups excluding carboxylic acids is 1. The highest BCUT2D eigenvalue weighted by Crippen LogP contribution is 2.40. The normalized spacial score (nSPS) is 14.9. The van der Waals surface area contributed by atoms with Gasteiger partial charge in [-0.3, -0.25) is 4.79 Å². The summed E-state index contributed by atoms with van der Waals surface area (Å²) in [4.78, 5) is 12.6. The van der Waals surface area contributed by atoms with Crippen molar-refractivity contribution in [2.24, 2.45) is 0 Å². The number of nitrogens with zero attached hydrogens (tertiary/aromatic N) is 2. The summed E-state index contributed by atoms with van der Waals surface area (Å²) >= 11 is 11.4. The minimum Gasteiger partial charge on any atom is -0.423 e. The molecule has 1 heterocycles. The van der Waals surface area contributed by atoms with E-state index in [1.165, 1.54) is 18.2 Å². The van der Waals surface area contributed by atoms with Crippen LogP contribution in [0.4, 0.5) is 17.6 Å². The molecule has 5 nitrogen and oxygen atoms in total. The molecule has 1 fully saturated rings. The lowest BCUT2D eigenvalue weighted by Crippen LogP contribution is -2.23. The Morgan fingerprint density at radius 2 is 1.89 bits per heavy atom. The van der Waals surface area contributed by atoms with Crippen molar-refractivity contribution in [1.82, 2.24) is 15.5 Å². The van der Waals surface area contributed by atoms with Crippen LogP contribution in [0.15, 0.2) is 40.8 Å². The predicted octanol–water partition coefficient (Wildman–Crippen LogP) is 6.99. The zero-order chi connectivity index (χ0) is 25.3. The summed E-state index contributed by atoms with van der Waals surface area (Å²) in [5.74, 6) is -2.23. The Morgan fingerprint density at radius 1 is 1.20 bits per heavy atom. The fourth-order valence-corrected chi connectivity index (χ4v) is 4.00. The Balaban J connectivity index is 1.47. The molecule has 1 N–H and O–H groups in total. The average molecular weight is 528 g/mol. The summed E-state index contributed by atoms with van der Waals surface area (Å²) in [5, 5.41) is 9.58. The molecule has 1 aliphatic carbocycles. The first-order valence-electron chi connectivity index (χ1n) is 10.6. The molecule has 11 heteroatoms. The molecular formula is C24H19Cl2F4N3O2. The number of hydrogen-bond acceptors (Lipinski definition) is 4. The summed E-state index contributed by atoms with van der Waals surface area (Å²) in [6.07, 6.45) is -0.423. The van der Waals surface area contributed by atoms with E-state index in [0.29, 0.717) is 34.4 Å². The van der Waals surface area contributed by atoms with E-state index in [2.05, 4.69) is 15.5 Å². The lowest BCUT2D eigenvalue weighted by atomic mass is 9.96. The number of alkyl halides is 3. The first-order chi connectivity index (χ1) is 16.5. The maximum atomic E-state index is 13.7. The number of benzene rings is 2. The fraction of sp³-hybridized carbons (Fsp3) is 0.292. The van der Waals surface area contributed by atoms with Gasteiger partial charge in [0.15, 0.2) is 5.82 Å². The monoisotopic (exact) mass is 527 g/mol. The third-order valence-electron chi connectivity index (χ3n) is 5.50. The number of amides is 1. The van der Waals surface area contributed by atoms with Crippen molar-refractivity contribution in [2.75, 3.05) is 0 Å². The first-order valence-corrected chi connectivity index (χ1v) is 11.4. The van der Waals surface area contributed by atoms with Crippen LogP contribution in [0.2, 0.25) is 10.0 Å². The molecule has 3 aromatic rings. The number of aryl methyl sites for hydroxylation is 1. The second-order valence-electron chi connectivity index (χ2n) is 8.24. The summed E-state index contributed by atoms with van der Waals surface area (Å²) in [5.41, 5.74) is 1.07. The molecule has 1 atom stereocenters. The van der Waals surface area contributed by atoms with Crippen molar-refractivity contribution in [2.45, 2.75) is 44.3 Å². The van der Waals surface area contributed by atoms with Crippen LogP contribution in [0.1, 0.15) is 63.5 Å². The molecule has 0 aliphatic heterocycles. The van der Waals surface area contributed by atoms with Crippen LogP contribution in [-0.2, 0) is 6.54 Å². The van der Waals surface area contributed by atoms with E-state index in [9.17, 15) is 22.4 Å². The molecule has 0 saturated heterocycles. The topological polar surface area (TPSA) is 68.0 Å². The zero-order valence-electron chi connectivity index (χ0n) is 18.3. The molecule has 1 aliphatic rings. The highest BCUT2D eigenvalue weighted by Gasteiger charge is 2.39. The highest BCUT2D eigenvalue weighted by atomic mass is 35.5. The SMILES string of the molecule is Cc1cc(/C=C/C(c2cc(Cl)c(F)c(Cl)c2)C(F)(F)F)ccc1C(=O)NCc1nnc(C2CC2)o1. The van der Waals surface area contributed by atoms with Gasteiger partial charge in [0.1, 0.15) is 0 Å². The Morgan fingerprint density at radius 3 is 2.49 bits per heavy atom. The number of hydrogen-bond donors (Lipinski definition) is 1. The lowest BCUT2D eigenvalue weighted by molar-refractivity contribution is -0.139. The molecule has 4 rings (SSSR count). The number of allylic oxidation sites excluding steroid dienone is 1.